The molecule has 1 aromatic carbocycles. The normalized spacial score (nSPS) is 16.1. The van der Waals surface area contributed by atoms with Crippen LogP contribution in [0.2, 0.25) is 5.02 Å². The number of carbonyl (C=O) groups excluding carboxylic acids is 1. The monoisotopic (exact) mass is 387 g/mol. The Morgan fingerprint density at radius 1 is 1.44 bits per heavy atom. The van der Waals surface area contributed by atoms with Crippen LogP contribution < -0.4 is 10.1 Å². The Balaban J connectivity index is 1.76. The van der Waals surface area contributed by atoms with E-state index in [0.717, 1.165) is 30.7 Å². The van der Waals surface area contributed by atoms with E-state index in [1.807, 2.05) is 18.4 Å². The third-order valence-corrected chi connectivity index (χ3v) is 5.12. The first-order valence-electron chi connectivity index (χ1n) is 8.89. The number of rotatable bonds is 6. The summed E-state index contributed by atoms with van der Waals surface area (Å²) in [7, 11) is 0. The fraction of sp³-hybridized carbons (Fsp3) is 0.400. The Labute approximate surface area is 163 Å². The van der Waals surface area contributed by atoms with Gasteiger partial charge in [0.05, 0.1) is 23.2 Å². The number of para-hydroxylation sites is 1. The molecule has 0 radical (unpaired) electrons. The van der Waals surface area contributed by atoms with Crippen molar-refractivity contribution in [1.29, 1.82) is 5.26 Å². The molecule has 0 aliphatic carbocycles. The maximum atomic E-state index is 12.4. The van der Waals surface area contributed by atoms with Crippen molar-refractivity contribution in [2.75, 3.05) is 18.5 Å². The van der Waals surface area contributed by atoms with Crippen molar-refractivity contribution in [3.8, 4) is 11.8 Å². The fourth-order valence-corrected chi connectivity index (χ4v) is 3.41. The molecule has 1 aromatic heterocycles. The lowest BCUT2D eigenvalue weighted by Crippen LogP contribution is -2.24. The smallest absolute Gasteiger partial charge is 0.263 e. The number of nitrogens with zero attached hydrogens (tertiary/aromatic N) is 2. The average Bonchev–Trinajstić information content (AvgIpc) is 3.24. The van der Waals surface area contributed by atoms with Crippen molar-refractivity contribution >= 4 is 23.3 Å². The molecule has 7 heteroatoms. The quantitative estimate of drug-likeness (QED) is 0.817. The van der Waals surface area contributed by atoms with Crippen LogP contribution in [0.4, 0.5) is 5.82 Å². The second-order valence-electron chi connectivity index (χ2n) is 6.56. The molecule has 0 bridgehead atoms. The topological polar surface area (TPSA) is 76.3 Å². The van der Waals surface area contributed by atoms with Crippen LogP contribution in [0.1, 0.15) is 29.7 Å². The second-order valence-corrected chi connectivity index (χ2v) is 6.97. The zero-order valence-electron chi connectivity index (χ0n) is 15.4. The highest BCUT2D eigenvalue weighted by Crippen LogP contribution is 2.28. The molecule has 1 aliphatic rings. The van der Waals surface area contributed by atoms with Crippen molar-refractivity contribution in [3.05, 3.63) is 46.1 Å². The molecular weight excluding hydrogens is 366 g/mol. The first-order chi connectivity index (χ1) is 13.0. The molecule has 2 aromatic rings. The molecule has 1 fully saturated rings. The number of benzene rings is 1. The third kappa shape index (κ3) is 4.26. The van der Waals surface area contributed by atoms with Gasteiger partial charge in [0.1, 0.15) is 17.6 Å². The van der Waals surface area contributed by atoms with Gasteiger partial charge in [-0.1, -0.05) is 23.7 Å². The summed E-state index contributed by atoms with van der Waals surface area (Å²) in [6.07, 6.45) is 2.10. The molecule has 1 amide bonds. The lowest BCUT2D eigenvalue weighted by Gasteiger charge is -2.17. The maximum Gasteiger partial charge on any atom is 0.263 e. The molecule has 1 saturated heterocycles. The van der Waals surface area contributed by atoms with Crippen LogP contribution >= 0.6 is 11.6 Å². The molecule has 0 saturated carbocycles. The minimum absolute atomic E-state index is 0.0945. The van der Waals surface area contributed by atoms with Crippen molar-refractivity contribution in [1.82, 2.24) is 4.57 Å². The predicted octanol–water partition coefficient (Wildman–Crippen LogP) is 3.83. The summed E-state index contributed by atoms with van der Waals surface area (Å²) in [5.41, 5.74) is 2.28. The summed E-state index contributed by atoms with van der Waals surface area (Å²) < 4.78 is 13.2. The van der Waals surface area contributed by atoms with Crippen LogP contribution in [0.3, 0.4) is 0 Å². The van der Waals surface area contributed by atoms with Crippen LogP contribution in [0.5, 0.6) is 5.75 Å². The van der Waals surface area contributed by atoms with Gasteiger partial charge in [0.25, 0.3) is 5.91 Å². The van der Waals surface area contributed by atoms with Crippen molar-refractivity contribution in [2.24, 2.45) is 0 Å². The third-order valence-electron chi connectivity index (χ3n) is 4.80. The maximum absolute atomic E-state index is 12.4. The highest BCUT2D eigenvalue weighted by Gasteiger charge is 2.24. The van der Waals surface area contributed by atoms with Gasteiger partial charge in [-0.05, 0) is 44.4 Å². The van der Waals surface area contributed by atoms with Gasteiger partial charge >= 0.3 is 0 Å². The minimum Gasteiger partial charge on any atom is -0.482 e. The van der Waals surface area contributed by atoms with E-state index in [0.29, 0.717) is 28.7 Å². The molecule has 0 unspecified atom stereocenters. The highest BCUT2D eigenvalue weighted by atomic mass is 35.5. The zero-order chi connectivity index (χ0) is 19.4. The van der Waals surface area contributed by atoms with E-state index >= 15 is 0 Å². The number of ether oxygens (including phenoxy) is 2. The van der Waals surface area contributed by atoms with Crippen LogP contribution in [0.25, 0.3) is 0 Å². The number of carbonyl (C=O) groups is 1. The number of amides is 1. The zero-order valence-corrected chi connectivity index (χ0v) is 16.2. The van der Waals surface area contributed by atoms with Gasteiger partial charge in [0.2, 0.25) is 0 Å². The molecule has 2 heterocycles. The Bertz CT molecular complexity index is 879. The Morgan fingerprint density at radius 2 is 2.22 bits per heavy atom. The lowest BCUT2D eigenvalue weighted by molar-refractivity contribution is -0.118. The Kier molecular flexibility index (Phi) is 6.04. The largest absolute Gasteiger partial charge is 0.482 e. The summed E-state index contributed by atoms with van der Waals surface area (Å²) in [6, 6.07) is 9.17. The number of nitrogens with one attached hydrogen (secondary N) is 1. The highest BCUT2D eigenvalue weighted by molar-refractivity contribution is 6.32. The summed E-state index contributed by atoms with van der Waals surface area (Å²) in [4.78, 5) is 12.4. The summed E-state index contributed by atoms with van der Waals surface area (Å²) >= 11 is 6.04. The summed E-state index contributed by atoms with van der Waals surface area (Å²) in [6.45, 7) is 4.99. The van der Waals surface area contributed by atoms with E-state index in [1.165, 1.54) is 0 Å². The summed E-state index contributed by atoms with van der Waals surface area (Å²) in [5.74, 6) is 0.588. The molecule has 3 rings (SSSR count). The molecule has 1 N–H and O–H groups in total. The molecule has 1 aliphatic heterocycles. The summed E-state index contributed by atoms with van der Waals surface area (Å²) in [5, 5.41) is 12.8. The van der Waals surface area contributed by atoms with E-state index in [9.17, 15) is 10.1 Å². The second kappa shape index (κ2) is 8.47. The number of aromatic nitrogens is 1. The average molecular weight is 388 g/mol. The van der Waals surface area contributed by atoms with Crippen LogP contribution in [-0.4, -0.2) is 29.8 Å². The van der Waals surface area contributed by atoms with Crippen LogP contribution in [0, 0.1) is 25.2 Å². The number of halogens is 1. The first-order valence-corrected chi connectivity index (χ1v) is 9.27. The van der Waals surface area contributed by atoms with Gasteiger partial charge in [-0.3, -0.25) is 4.79 Å². The Hall–Kier alpha value is -2.49. The predicted molar refractivity (Wildman–Crippen MR) is 103 cm³/mol. The molecule has 1 atom stereocenters. The number of nitriles is 1. The fourth-order valence-electron chi connectivity index (χ4n) is 3.22. The van der Waals surface area contributed by atoms with E-state index in [-0.39, 0.29) is 18.6 Å². The van der Waals surface area contributed by atoms with Crippen molar-refractivity contribution in [2.45, 2.75) is 39.3 Å². The van der Waals surface area contributed by atoms with Crippen LogP contribution in [-0.2, 0) is 16.1 Å². The van der Waals surface area contributed by atoms with Crippen molar-refractivity contribution < 1.29 is 14.3 Å². The Morgan fingerprint density at radius 3 is 2.89 bits per heavy atom. The molecule has 27 heavy (non-hydrogen) atoms. The standard InChI is InChI=1S/C20H22ClN3O3/c1-13-14(2)24(11-15-6-5-9-26-15)20(16(13)10-22)23-19(25)12-27-18-8-4-3-7-17(18)21/h3-4,7-8,15H,5-6,9,11-12H2,1-2H3,(H,23,25)/t15-/m0/s1. The first kappa shape index (κ1) is 19.3. The van der Waals surface area contributed by atoms with Crippen LogP contribution in [0.15, 0.2) is 24.3 Å². The number of anilines is 1. The van der Waals surface area contributed by atoms with Crippen molar-refractivity contribution in [3.63, 3.8) is 0 Å². The SMILES string of the molecule is Cc1c(C#N)c(NC(=O)COc2ccccc2Cl)n(C[C@@H]2CCCO2)c1C. The van der Waals surface area contributed by atoms with E-state index < -0.39 is 0 Å². The number of hydrogen-bond acceptors (Lipinski definition) is 4. The molecule has 142 valence electrons. The van der Waals surface area contributed by atoms with Gasteiger partial charge in [-0.25, -0.2) is 0 Å². The number of hydrogen-bond donors (Lipinski definition) is 1. The lowest BCUT2D eigenvalue weighted by atomic mass is 10.2. The minimum atomic E-state index is -0.350. The molecular formula is C20H22ClN3O3. The molecule has 6 nitrogen and oxygen atoms in total. The van der Waals surface area contributed by atoms with E-state index in [2.05, 4.69) is 11.4 Å². The molecule has 0 spiro atoms. The van der Waals surface area contributed by atoms with E-state index in [4.69, 9.17) is 21.1 Å². The van der Waals surface area contributed by atoms with Gasteiger partial charge in [0, 0.05) is 12.3 Å². The van der Waals surface area contributed by atoms with Gasteiger partial charge in [-0.2, -0.15) is 5.26 Å². The van der Waals surface area contributed by atoms with E-state index in [1.54, 1.807) is 24.3 Å². The van der Waals surface area contributed by atoms with Gasteiger partial charge in [-0.15, -0.1) is 0 Å². The van der Waals surface area contributed by atoms with Gasteiger partial charge < -0.3 is 19.4 Å². The van der Waals surface area contributed by atoms with Gasteiger partial charge in [0.15, 0.2) is 6.61 Å².